The number of rotatable bonds is 5. The third kappa shape index (κ3) is 6.06. The lowest BCUT2D eigenvalue weighted by atomic mass is 10.1. The van der Waals surface area contributed by atoms with Crippen LogP contribution in [0.3, 0.4) is 0 Å². The number of alkyl halides is 3. The molecule has 0 bridgehead atoms. The largest absolute Gasteiger partial charge is 0.416 e. The number of benzene rings is 1. The first kappa shape index (κ1) is 22.3. The highest BCUT2D eigenvalue weighted by molar-refractivity contribution is 7.08. The molecule has 1 aliphatic rings. The Labute approximate surface area is 177 Å². The van der Waals surface area contributed by atoms with Crippen LogP contribution in [0.5, 0.6) is 0 Å². The van der Waals surface area contributed by atoms with Crippen molar-refractivity contribution in [1.82, 2.24) is 10.2 Å². The molecule has 0 saturated carbocycles. The summed E-state index contributed by atoms with van der Waals surface area (Å²) in [5, 5.41) is 9.05. The lowest BCUT2D eigenvalue weighted by molar-refractivity contribution is -0.137. The van der Waals surface area contributed by atoms with Gasteiger partial charge in [-0.05, 0) is 72.6 Å². The van der Waals surface area contributed by atoms with E-state index in [-0.39, 0.29) is 18.3 Å². The summed E-state index contributed by atoms with van der Waals surface area (Å²) in [6, 6.07) is 5.98. The third-order valence-electron chi connectivity index (χ3n) is 5.14. The number of hydrogen-bond acceptors (Lipinski definition) is 4. The number of nitrogens with zero attached hydrogens (tertiary/aromatic N) is 1. The topological polar surface area (TPSA) is 61.4 Å². The molecule has 0 aliphatic carbocycles. The highest BCUT2D eigenvalue weighted by atomic mass is 32.1. The van der Waals surface area contributed by atoms with Gasteiger partial charge in [0.15, 0.2) is 0 Å². The van der Waals surface area contributed by atoms with Crippen molar-refractivity contribution < 1.29 is 22.8 Å². The van der Waals surface area contributed by atoms with E-state index in [1.807, 2.05) is 16.8 Å². The highest BCUT2D eigenvalue weighted by Crippen LogP contribution is 2.30. The summed E-state index contributed by atoms with van der Waals surface area (Å²) in [5.74, 6) is -1.72. The molecule has 0 unspecified atom stereocenters. The zero-order valence-electron chi connectivity index (χ0n) is 16.4. The fraction of sp³-hybridized carbons (Fsp3) is 0.429. The SMILES string of the molecule is O=C(NC[C@H](c1ccsc1)N1CCCCCC1)C(=O)Nc1ccc(C(F)(F)F)cc1. The second-order valence-corrected chi connectivity index (χ2v) is 8.04. The van der Waals surface area contributed by atoms with Gasteiger partial charge >= 0.3 is 18.0 Å². The first-order valence-electron chi connectivity index (χ1n) is 9.87. The maximum atomic E-state index is 12.6. The Hall–Kier alpha value is -2.39. The molecule has 1 aliphatic heterocycles. The van der Waals surface area contributed by atoms with Gasteiger partial charge in [-0.2, -0.15) is 24.5 Å². The molecule has 0 radical (unpaired) electrons. The van der Waals surface area contributed by atoms with Crippen LogP contribution in [-0.2, 0) is 15.8 Å². The van der Waals surface area contributed by atoms with E-state index in [1.54, 1.807) is 11.3 Å². The zero-order valence-corrected chi connectivity index (χ0v) is 17.2. The molecule has 162 valence electrons. The number of carbonyl (C=O) groups excluding carboxylic acids is 2. The van der Waals surface area contributed by atoms with E-state index in [4.69, 9.17) is 0 Å². The van der Waals surface area contributed by atoms with Crippen molar-refractivity contribution in [3.8, 4) is 0 Å². The Morgan fingerprint density at radius 1 is 1.00 bits per heavy atom. The van der Waals surface area contributed by atoms with Crippen molar-refractivity contribution >= 4 is 28.8 Å². The van der Waals surface area contributed by atoms with Gasteiger partial charge in [0, 0.05) is 12.2 Å². The molecule has 9 heteroatoms. The molecule has 1 aromatic heterocycles. The monoisotopic (exact) mass is 439 g/mol. The van der Waals surface area contributed by atoms with Crippen LogP contribution in [0, 0.1) is 0 Å². The number of anilines is 1. The first-order valence-corrected chi connectivity index (χ1v) is 10.8. The molecule has 2 N–H and O–H groups in total. The van der Waals surface area contributed by atoms with Crippen LogP contribution in [0.15, 0.2) is 41.1 Å². The lowest BCUT2D eigenvalue weighted by Crippen LogP contribution is -2.42. The average Bonchev–Trinajstić information content (AvgIpc) is 3.10. The summed E-state index contributed by atoms with van der Waals surface area (Å²) in [6.45, 7) is 2.16. The van der Waals surface area contributed by atoms with Crippen LogP contribution < -0.4 is 10.6 Å². The normalized spacial score (nSPS) is 16.5. The minimum atomic E-state index is -4.45. The number of thiophene rings is 1. The molecule has 1 atom stereocenters. The van der Waals surface area contributed by atoms with Crippen LogP contribution in [0.1, 0.15) is 42.9 Å². The summed E-state index contributed by atoms with van der Waals surface area (Å²) in [6.07, 6.45) is 0.124. The Morgan fingerprint density at radius 3 is 2.23 bits per heavy atom. The zero-order chi connectivity index (χ0) is 21.6. The summed E-state index contributed by atoms with van der Waals surface area (Å²) in [5.41, 5.74) is 0.413. The van der Waals surface area contributed by atoms with E-state index in [0.717, 1.165) is 55.8 Å². The molecular formula is C21H24F3N3O2S. The molecule has 0 spiro atoms. The van der Waals surface area contributed by atoms with E-state index in [0.29, 0.717) is 0 Å². The van der Waals surface area contributed by atoms with Gasteiger partial charge in [-0.1, -0.05) is 12.8 Å². The fourth-order valence-electron chi connectivity index (χ4n) is 3.53. The minimum absolute atomic E-state index is 0.0165. The lowest BCUT2D eigenvalue weighted by Gasteiger charge is -2.30. The van der Waals surface area contributed by atoms with Crippen molar-refractivity contribution in [3.05, 3.63) is 52.2 Å². The van der Waals surface area contributed by atoms with Gasteiger partial charge < -0.3 is 10.6 Å². The van der Waals surface area contributed by atoms with E-state index < -0.39 is 23.6 Å². The predicted octanol–water partition coefficient (Wildman–Crippen LogP) is 4.44. The third-order valence-corrected chi connectivity index (χ3v) is 5.84. The van der Waals surface area contributed by atoms with Gasteiger partial charge in [-0.3, -0.25) is 14.5 Å². The first-order chi connectivity index (χ1) is 14.3. The van der Waals surface area contributed by atoms with Gasteiger partial charge in [0.2, 0.25) is 0 Å². The van der Waals surface area contributed by atoms with Crippen molar-refractivity contribution in [3.63, 3.8) is 0 Å². The number of carbonyl (C=O) groups is 2. The van der Waals surface area contributed by atoms with Crippen molar-refractivity contribution in [1.29, 1.82) is 0 Å². The molecule has 1 aromatic carbocycles. The number of likely N-dealkylation sites (tertiary alicyclic amines) is 1. The summed E-state index contributed by atoms with van der Waals surface area (Å²) < 4.78 is 37.9. The van der Waals surface area contributed by atoms with Crippen molar-refractivity contribution in [2.75, 3.05) is 25.0 Å². The molecule has 1 saturated heterocycles. The second kappa shape index (κ2) is 10.1. The van der Waals surface area contributed by atoms with Gasteiger partial charge in [0.05, 0.1) is 11.6 Å². The molecule has 2 aromatic rings. The highest BCUT2D eigenvalue weighted by Gasteiger charge is 2.30. The molecule has 1 fully saturated rings. The standard InChI is InChI=1S/C21H24F3N3O2S/c22-21(23,24)16-5-7-17(8-6-16)26-20(29)19(28)25-13-18(15-9-12-30-14-15)27-10-3-1-2-4-11-27/h5-9,12,14,18H,1-4,10-11,13H2,(H,25,28)(H,26,29)/t18-/m1/s1. The maximum absolute atomic E-state index is 12.6. The Balaban J connectivity index is 1.58. The molecular weight excluding hydrogens is 415 g/mol. The Kier molecular flexibility index (Phi) is 7.49. The van der Waals surface area contributed by atoms with Crippen LogP contribution >= 0.6 is 11.3 Å². The molecule has 2 heterocycles. The summed E-state index contributed by atoms with van der Waals surface area (Å²) >= 11 is 1.58. The van der Waals surface area contributed by atoms with Crippen LogP contribution in [0.25, 0.3) is 0 Å². The van der Waals surface area contributed by atoms with Gasteiger partial charge in [-0.15, -0.1) is 0 Å². The van der Waals surface area contributed by atoms with Crippen LogP contribution in [0.4, 0.5) is 18.9 Å². The quantitative estimate of drug-likeness (QED) is 0.678. The molecule has 2 amide bonds. The van der Waals surface area contributed by atoms with Crippen LogP contribution in [-0.4, -0.2) is 36.3 Å². The van der Waals surface area contributed by atoms with Gasteiger partial charge in [0.1, 0.15) is 0 Å². The van der Waals surface area contributed by atoms with E-state index >= 15 is 0 Å². The maximum Gasteiger partial charge on any atom is 0.416 e. The van der Waals surface area contributed by atoms with Gasteiger partial charge in [-0.25, -0.2) is 0 Å². The van der Waals surface area contributed by atoms with Crippen molar-refractivity contribution in [2.45, 2.75) is 37.9 Å². The number of halogens is 3. The average molecular weight is 440 g/mol. The number of amides is 2. The Morgan fingerprint density at radius 2 is 1.67 bits per heavy atom. The van der Waals surface area contributed by atoms with Crippen LogP contribution in [0.2, 0.25) is 0 Å². The summed E-state index contributed by atoms with van der Waals surface area (Å²) in [7, 11) is 0. The van der Waals surface area contributed by atoms with E-state index in [1.165, 1.54) is 12.8 Å². The Bertz CT molecular complexity index is 830. The number of nitrogens with one attached hydrogen (secondary N) is 2. The van der Waals surface area contributed by atoms with E-state index in [2.05, 4.69) is 15.5 Å². The molecule has 5 nitrogen and oxygen atoms in total. The number of hydrogen-bond donors (Lipinski definition) is 2. The molecule has 30 heavy (non-hydrogen) atoms. The van der Waals surface area contributed by atoms with Crippen molar-refractivity contribution in [2.24, 2.45) is 0 Å². The predicted molar refractivity (Wildman–Crippen MR) is 110 cm³/mol. The molecule has 3 rings (SSSR count). The minimum Gasteiger partial charge on any atom is -0.346 e. The smallest absolute Gasteiger partial charge is 0.346 e. The fourth-order valence-corrected chi connectivity index (χ4v) is 4.24. The van der Waals surface area contributed by atoms with Gasteiger partial charge in [0.25, 0.3) is 0 Å². The summed E-state index contributed by atoms with van der Waals surface area (Å²) in [4.78, 5) is 26.8. The van der Waals surface area contributed by atoms with E-state index in [9.17, 15) is 22.8 Å². The second-order valence-electron chi connectivity index (χ2n) is 7.26.